The Kier molecular flexibility index (Phi) is 5.42. The third-order valence-electron chi connectivity index (χ3n) is 3.67. The molecule has 120 valence electrons. The van der Waals surface area contributed by atoms with Crippen LogP contribution < -0.4 is 0 Å². The second-order valence-corrected chi connectivity index (χ2v) is 6.03. The monoisotopic (exact) mass is 335 g/mol. The second kappa shape index (κ2) is 7.91. The van der Waals surface area contributed by atoms with E-state index < -0.39 is 0 Å². The van der Waals surface area contributed by atoms with E-state index in [1.807, 2.05) is 30.5 Å². The van der Waals surface area contributed by atoms with Crippen molar-refractivity contribution in [1.82, 2.24) is 4.98 Å². The Morgan fingerprint density at radius 1 is 0.958 bits per heavy atom. The zero-order valence-corrected chi connectivity index (χ0v) is 14.0. The van der Waals surface area contributed by atoms with Crippen LogP contribution in [0.1, 0.15) is 5.56 Å². The molecule has 0 bridgehead atoms. The average Bonchev–Trinajstić information content (AvgIpc) is 2.63. The summed E-state index contributed by atoms with van der Waals surface area (Å²) in [6.45, 7) is 4.48. The van der Waals surface area contributed by atoms with Gasteiger partial charge in [-0.2, -0.15) is 0 Å². The summed E-state index contributed by atoms with van der Waals surface area (Å²) in [4.78, 5) is 4.25. The Bertz CT molecular complexity index is 816. The van der Waals surface area contributed by atoms with Gasteiger partial charge in [0.1, 0.15) is 0 Å². The molecule has 2 aromatic carbocycles. The van der Waals surface area contributed by atoms with Crippen LogP contribution in [0.15, 0.2) is 84.7 Å². The molecule has 1 heterocycles. The van der Waals surface area contributed by atoms with Crippen molar-refractivity contribution in [2.45, 2.75) is 6.61 Å². The Labute approximate surface area is 147 Å². The van der Waals surface area contributed by atoms with Gasteiger partial charge in [-0.05, 0) is 34.4 Å². The van der Waals surface area contributed by atoms with E-state index in [4.69, 9.17) is 16.3 Å². The van der Waals surface area contributed by atoms with Gasteiger partial charge < -0.3 is 4.74 Å². The fraction of sp³-hybridized carbons (Fsp3) is 0.0952. The van der Waals surface area contributed by atoms with Crippen molar-refractivity contribution in [2.75, 3.05) is 6.61 Å². The van der Waals surface area contributed by atoms with Crippen LogP contribution >= 0.6 is 11.6 Å². The van der Waals surface area contributed by atoms with Crippen LogP contribution in [-0.4, -0.2) is 11.6 Å². The lowest BCUT2D eigenvalue weighted by Crippen LogP contribution is -1.96. The van der Waals surface area contributed by atoms with Crippen LogP contribution in [-0.2, 0) is 11.3 Å². The van der Waals surface area contributed by atoms with Gasteiger partial charge in [0.05, 0.1) is 13.2 Å². The first kappa shape index (κ1) is 16.4. The van der Waals surface area contributed by atoms with Crippen LogP contribution in [0.25, 0.3) is 22.3 Å². The minimum absolute atomic E-state index is 0.351. The molecule has 0 fully saturated rings. The smallest absolute Gasteiger partial charge is 0.0821 e. The predicted molar refractivity (Wildman–Crippen MR) is 99.8 cm³/mol. The number of hydrogen-bond acceptors (Lipinski definition) is 2. The zero-order valence-electron chi connectivity index (χ0n) is 13.3. The summed E-state index contributed by atoms with van der Waals surface area (Å²) in [6.07, 6.45) is 3.66. The van der Waals surface area contributed by atoms with E-state index in [1.165, 1.54) is 11.1 Å². The Morgan fingerprint density at radius 3 is 2.46 bits per heavy atom. The molecular weight excluding hydrogens is 318 g/mol. The molecule has 3 rings (SSSR count). The van der Waals surface area contributed by atoms with Crippen LogP contribution in [0, 0.1) is 0 Å². The standard InChI is InChI=1S/C21H18ClNO/c1-16(22)14-24-15-17-9-10-20(18-6-3-2-4-7-18)21(12-17)19-8-5-11-23-13-19/h2-13H,1,14-15H2. The molecule has 0 aliphatic heterocycles. The minimum atomic E-state index is 0.351. The molecule has 0 amide bonds. The van der Waals surface area contributed by atoms with Crippen molar-refractivity contribution >= 4 is 11.6 Å². The third-order valence-corrected chi connectivity index (χ3v) is 3.78. The largest absolute Gasteiger partial charge is 0.371 e. The van der Waals surface area contributed by atoms with Gasteiger partial charge in [0, 0.05) is 23.0 Å². The molecule has 0 unspecified atom stereocenters. The van der Waals surface area contributed by atoms with Crippen LogP contribution in [0.5, 0.6) is 0 Å². The first-order chi connectivity index (χ1) is 11.7. The number of hydrogen-bond donors (Lipinski definition) is 0. The van der Waals surface area contributed by atoms with Crippen molar-refractivity contribution in [3.8, 4) is 22.3 Å². The lowest BCUT2D eigenvalue weighted by atomic mass is 9.94. The van der Waals surface area contributed by atoms with Crippen molar-refractivity contribution in [3.05, 3.63) is 90.2 Å². The highest BCUT2D eigenvalue weighted by Crippen LogP contribution is 2.32. The molecule has 0 spiro atoms. The van der Waals surface area contributed by atoms with E-state index in [0.717, 1.165) is 16.7 Å². The molecule has 24 heavy (non-hydrogen) atoms. The molecule has 0 aliphatic rings. The first-order valence-corrected chi connectivity index (χ1v) is 8.11. The van der Waals surface area contributed by atoms with Gasteiger partial charge >= 0.3 is 0 Å². The SMILES string of the molecule is C=C(Cl)COCc1ccc(-c2ccccc2)c(-c2cccnc2)c1. The Morgan fingerprint density at radius 2 is 1.75 bits per heavy atom. The van der Waals surface area contributed by atoms with Gasteiger partial charge in [0.15, 0.2) is 0 Å². The summed E-state index contributed by atoms with van der Waals surface area (Å²) in [5.74, 6) is 0. The number of rotatable bonds is 6. The lowest BCUT2D eigenvalue weighted by Gasteiger charge is -2.13. The highest BCUT2D eigenvalue weighted by Gasteiger charge is 2.09. The maximum atomic E-state index is 5.75. The molecule has 0 aliphatic carbocycles. The number of ether oxygens (including phenoxy) is 1. The summed E-state index contributed by atoms with van der Waals surface area (Å²) in [5, 5.41) is 0.503. The van der Waals surface area contributed by atoms with Crippen LogP contribution in [0.2, 0.25) is 0 Å². The predicted octanol–water partition coefficient (Wildman–Crippen LogP) is 5.68. The zero-order chi connectivity index (χ0) is 16.8. The molecule has 0 saturated heterocycles. The minimum Gasteiger partial charge on any atom is -0.371 e. The molecule has 3 aromatic rings. The molecular formula is C21H18ClNO. The molecule has 0 radical (unpaired) electrons. The number of aromatic nitrogens is 1. The van der Waals surface area contributed by atoms with Crippen molar-refractivity contribution in [2.24, 2.45) is 0 Å². The van der Waals surface area contributed by atoms with E-state index in [-0.39, 0.29) is 0 Å². The van der Waals surface area contributed by atoms with Gasteiger partial charge in [-0.15, -0.1) is 0 Å². The quantitative estimate of drug-likeness (QED) is 0.577. The summed E-state index contributed by atoms with van der Waals surface area (Å²) < 4.78 is 5.57. The van der Waals surface area contributed by atoms with E-state index >= 15 is 0 Å². The highest BCUT2D eigenvalue weighted by molar-refractivity contribution is 6.29. The fourth-order valence-electron chi connectivity index (χ4n) is 2.59. The van der Waals surface area contributed by atoms with Crippen molar-refractivity contribution in [1.29, 1.82) is 0 Å². The molecule has 3 heteroatoms. The maximum absolute atomic E-state index is 5.75. The summed E-state index contributed by atoms with van der Waals surface area (Å²) in [5.41, 5.74) is 5.67. The van der Waals surface area contributed by atoms with Gasteiger partial charge in [0.2, 0.25) is 0 Å². The fourth-order valence-corrected chi connectivity index (χ4v) is 2.67. The third kappa shape index (κ3) is 4.10. The summed E-state index contributed by atoms with van der Waals surface area (Å²) in [7, 11) is 0. The molecule has 2 nitrogen and oxygen atoms in total. The number of pyridine rings is 1. The number of halogens is 1. The highest BCUT2D eigenvalue weighted by atomic mass is 35.5. The van der Waals surface area contributed by atoms with Gasteiger partial charge in [-0.3, -0.25) is 4.98 Å². The first-order valence-electron chi connectivity index (χ1n) is 7.74. The van der Waals surface area contributed by atoms with Crippen LogP contribution in [0.4, 0.5) is 0 Å². The summed E-state index contributed by atoms with van der Waals surface area (Å²) >= 11 is 5.75. The van der Waals surface area contributed by atoms with Gasteiger partial charge in [-0.1, -0.05) is 66.7 Å². The Hall–Kier alpha value is -2.42. The Balaban J connectivity index is 1.98. The van der Waals surface area contributed by atoms with E-state index in [9.17, 15) is 0 Å². The summed E-state index contributed by atoms with van der Waals surface area (Å²) in [6, 6.07) is 20.7. The van der Waals surface area contributed by atoms with Gasteiger partial charge in [-0.25, -0.2) is 0 Å². The number of nitrogens with zero attached hydrogens (tertiary/aromatic N) is 1. The number of benzene rings is 2. The van der Waals surface area contributed by atoms with Crippen molar-refractivity contribution < 1.29 is 4.74 Å². The maximum Gasteiger partial charge on any atom is 0.0821 e. The lowest BCUT2D eigenvalue weighted by molar-refractivity contribution is 0.146. The topological polar surface area (TPSA) is 22.1 Å². The molecule has 0 atom stereocenters. The normalized spacial score (nSPS) is 10.5. The second-order valence-electron chi connectivity index (χ2n) is 5.50. The van der Waals surface area contributed by atoms with Crippen LogP contribution in [0.3, 0.4) is 0 Å². The molecule has 0 saturated carbocycles. The van der Waals surface area contributed by atoms with E-state index in [1.54, 1.807) is 6.20 Å². The van der Waals surface area contributed by atoms with E-state index in [0.29, 0.717) is 18.2 Å². The molecule has 0 N–H and O–H groups in total. The van der Waals surface area contributed by atoms with E-state index in [2.05, 4.69) is 48.0 Å². The van der Waals surface area contributed by atoms with Gasteiger partial charge in [0.25, 0.3) is 0 Å². The molecule has 1 aromatic heterocycles. The average molecular weight is 336 g/mol. The van der Waals surface area contributed by atoms with Crippen molar-refractivity contribution in [3.63, 3.8) is 0 Å².